The Bertz CT molecular complexity index is 1350. The Balaban J connectivity index is 2.21. The van der Waals surface area contributed by atoms with Gasteiger partial charge in [-0.05, 0) is 93.0 Å². The summed E-state index contributed by atoms with van der Waals surface area (Å²) in [5.74, 6) is 0. The van der Waals surface area contributed by atoms with E-state index in [2.05, 4.69) is 88.4 Å². The summed E-state index contributed by atoms with van der Waals surface area (Å²) in [6, 6.07) is 22.4. The lowest BCUT2D eigenvalue weighted by Crippen LogP contribution is -1.94. The lowest BCUT2D eigenvalue weighted by molar-refractivity contribution is 1.34. The summed E-state index contributed by atoms with van der Waals surface area (Å²) in [6.45, 7) is 9.03. The standard InChI is InChI=1S/C26H22/c1-15-9-13-23-24(16(15)2)18(4)17(3)21-14-12-20-11-10-19-7-5-6-8-22(19)25(20)26(21)23/h5-14H,1-4H3. The van der Waals surface area contributed by atoms with E-state index in [0.717, 1.165) is 0 Å². The van der Waals surface area contributed by atoms with Gasteiger partial charge in [-0.1, -0.05) is 60.7 Å². The van der Waals surface area contributed by atoms with Crippen molar-refractivity contribution in [1.82, 2.24) is 0 Å². The van der Waals surface area contributed by atoms with Crippen LogP contribution in [0.5, 0.6) is 0 Å². The molecule has 0 radical (unpaired) electrons. The van der Waals surface area contributed by atoms with Crippen LogP contribution in [0.4, 0.5) is 0 Å². The SMILES string of the molecule is Cc1ccc2c(c1C)c(C)c(C)c1ccc3ccc4ccccc4c3c12. The molecule has 0 unspecified atom stereocenters. The minimum Gasteiger partial charge on any atom is -0.0616 e. The van der Waals surface area contributed by atoms with E-state index in [-0.39, 0.29) is 0 Å². The summed E-state index contributed by atoms with van der Waals surface area (Å²) < 4.78 is 0. The van der Waals surface area contributed by atoms with Crippen molar-refractivity contribution in [2.75, 3.05) is 0 Å². The molecule has 26 heavy (non-hydrogen) atoms. The third-order valence-electron chi connectivity index (χ3n) is 6.26. The zero-order valence-electron chi connectivity index (χ0n) is 15.8. The molecule has 5 aromatic carbocycles. The summed E-state index contributed by atoms with van der Waals surface area (Å²) in [4.78, 5) is 0. The average molecular weight is 334 g/mol. The van der Waals surface area contributed by atoms with Gasteiger partial charge in [-0.25, -0.2) is 0 Å². The monoisotopic (exact) mass is 334 g/mol. The first-order valence-electron chi connectivity index (χ1n) is 9.31. The highest BCUT2D eigenvalue weighted by Gasteiger charge is 2.15. The number of benzene rings is 5. The van der Waals surface area contributed by atoms with Crippen LogP contribution in [0.3, 0.4) is 0 Å². The lowest BCUT2D eigenvalue weighted by atomic mass is 9.86. The van der Waals surface area contributed by atoms with Crippen LogP contribution in [-0.2, 0) is 0 Å². The Morgan fingerprint density at radius 2 is 1.12 bits per heavy atom. The first-order valence-corrected chi connectivity index (χ1v) is 9.31. The Labute approximate surface area is 154 Å². The maximum atomic E-state index is 2.33. The summed E-state index contributed by atoms with van der Waals surface area (Å²) >= 11 is 0. The molecule has 0 fully saturated rings. The van der Waals surface area contributed by atoms with E-state index in [1.54, 1.807) is 0 Å². The molecular formula is C26H22. The van der Waals surface area contributed by atoms with E-state index in [9.17, 15) is 0 Å². The van der Waals surface area contributed by atoms with Gasteiger partial charge in [0.1, 0.15) is 0 Å². The normalized spacial score (nSPS) is 11.8. The van der Waals surface area contributed by atoms with Crippen molar-refractivity contribution < 1.29 is 0 Å². The molecule has 0 saturated carbocycles. The molecule has 0 atom stereocenters. The van der Waals surface area contributed by atoms with E-state index in [1.165, 1.54) is 65.3 Å². The van der Waals surface area contributed by atoms with Gasteiger partial charge in [-0.2, -0.15) is 0 Å². The van der Waals surface area contributed by atoms with Crippen molar-refractivity contribution in [1.29, 1.82) is 0 Å². The van der Waals surface area contributed by atoms with Gasteiger partial charge in [0, 0.05) is 0 Å². The van der Waals surface area contributed by atoms with Crippen LogP contribution in [0.25, 0.3) is 43.1 Å². The van der Waals surface area contributed by atoms with E-state index in [4.69, 9.17) is 0 Å². The molecule has 0 aromatic heterocycles. The topological polar surface area (TPSA) is 0 Å². The minimum atomic E-state index is 1.31. The van der Waals surface area contributed by atoms with E-state index >= 15 is 0 Å². The number of aryl methyl sites for hydroxylation is 4. The molecule has 0 heterocycles. The van der Waals surface area contributed by atoms with Crippen LogP contribution in [0.1, 0.15) is 22.3 Å². The van der Waals surface area contributed by atoms with Gasteiger partial charge in [0.25, 0.3) is 0 Å². The molecule has 0 bridgehead atoms. The van der Waals surface area contributed by atoms with Gasteiger partial charge >= 0.3 is 0 Å². The lowest BCUT2D eigenvalue weighted by Gasteiger charge is -2.18. The predicted octanol–water partition coefficient (Wildman–Crippen LogP) is 7.53. The van der Waals surface area contributed by atoms with Crippen molar-refractivity contribution in [3.05, 3.63) is 82.9 Å². The third kappa shape index (κ3) is 1.90. The van der Waals surface area contributed by atoms with Crippen molar-refractivity contribution in [2.24, 2.45) is 0 Å². The molecule has 0 amide bonds. The highest BCUT2D eigenvalue weighted by molar-refractivity contribution is 6.28. The maximum absolute atomic E-state index is 2.33. The van der Waals surface area contributed by atoms with E-state index < -0.39 is 0 Å². The summed E-state index contributed by atoms with van der Waals surface area (Å²) in [5, 5.41) is 10.9. The zero-order chi connectivity index (χ0) is 18.0. The average Bonchev–Trinajstić information content (AvgIpc) is 2.67. The highest BCUT2D eigenvalue weighted by Crippen LogP contribution is 2.40. The molecule has 0 heteroatoms. The number of hydrogen-bond acceptors (Lipinski definition) is 0. The van der Waals surface area contributed by atoms with Crippen LogP contribution in [-0.4, -0.2) is 0 Å². The van der Waals surface area contributed by atoms with Gasteiger partial charge in [0.15, 0.2) is 0 Å². The van der Waals surface area contributed by atoms with Gasteiger partial charge in [-0.15, -0.1) is 0 Å². The van der Waals surface area contributed by atoms with Crippen molar-refractivity contribution >= 4 is 43.1 Å². The summed E-state index contributed by atoms with van der Waals surface area (Å²) in [7, 11) is 0. The number of fused-ring (bicyclic) bond motifs is 7. The van der Waals surface area contributed by atoms with Crippen molar-refractivity contribution in [3.8, 4) is 0 Å². The fraction of sp³-hybridized carbons (Fsp3) is 0.154. The smallest absolute Gasteiger partial charge is 0.00176 e. The molecule has 0 saturated heterocycles. The van der Waals surface area contributed by atoms with Gasteiger partial charge in [0.05, 0.1) is 0 Å². The van der Waals surface area contributed by atoms with Crippen LogP contribution >= 0.6 is 0 Å². The first kappa shape index (κ1) is 15.4. The summed E-state index contributed by atoms with van der Waals surface area (Å²) in [5.41, 5.74) is 5.58. The molecule has 0 aliphatic rings. The quantitative estimate of drug-likeness (QED) is 0.257. The maximum Gasteiger partial charge on any atom is -0.00176 e. The first-order chi connectivity index (χ1) is 12.6. The van der Waals surface area contributed by atoms with Crippen LogP contribution in [0, 0.1) is 27.7 Å². The van der Waals surface area contributed by atoms with Crippen molar-refractivity contribution in [3.63, 3.8) is 0 Å². The highest BCUT2D eigenvalue weighted by atomic mass is 14.2. The zero-order valence-corrected chi connectivity index (χ0v) is 15.8. The second kappa shape index (κ2) is 5.32. The summed E-state index contributed by atoms with van der Waals surface area (Å²) in [6.07, 6.45) is 0. The van der Waals surface area contributed by atoms with Gasteiger partial charge in [0.2, 0.25) is 0 Å². The molecule has 126 valence electrons. The second-order valence-corrected chi connectivity index (χ2v) is 7.55. The molecule has 0 spiro atoms. The fourth-order valence-corrected chi connectivity index (χ4v) is 4.59. The predicted molar refractivity (Wildman–Crippen MR) is 115 cm³/mol. The van der Waals surface area contributed by atoms with Crippen molar-refractivity contribution in [2.45, 2.75) is 27.7 Å². The van der Waals surface area contributed by atoms with E-state index in [0.29, 0.717) is 0 Å². The molecule has 0 aliphatic carbocycles. The Morgan fingerprint density at radius 3 is 1.96 bits per heavy atom. The Hall–Kier alpha value is -2.86. The molecule has 0 N–H and O–H groups in total. The van der Waals surface area contributed by atoms with E-state index in [1.807, 2.05) is 0 Å². The minimum absolute atomic E-state index is 1.31. The second-order valence-electron chi connectivity index (χ2n) is 7.55. The Kier molecular flexibility index (Phi) is 3.15. The number of rotatable bonds is 0. The molecule has 0 nitrogen and oxygen atoms in total. The van der Waals surface area contributed by atoms with Gasteiger partial charge < -0.3 is 0 Å². The van der Waals surface area contributed by atoms with Crippen LogP contribution < -0.4 is 0 Å². The Morgan fingerprint density at radius 1 is 0.423 bits per heavy atom. The fourth-order valence-electron chi connectivity index (χ4n) is 4.59. The van der Waals surface area contributed by atoms with Crippen LogP contribution in [0.2, 0.25) is 0 Å². The number of hydrogen-bond donors (Lipinski definition) is 0. The molecular weight excluding hydrogens is 312 g/mol. The van der Waals surface area contributed by atoms with Gasteiger partial charge in [-0.3, -0.25) is 0 Å². The molecule has 5 rings (SSSR count). The largest absolute Gasteiger partial charge is 0.0616 e. The third-order valence-corrected chi connectivity index (χ3v) is 6.26. The molecule has 0 aliphatic heterocycles. The van der Waals surface area contributed by atoms with Crippen LogP contribution in [0.15, 0.2) is 60.7 Å². The molecule has 5 aromatic rings.